The minimum absolute atomic E-state index is 0.0795. The molecule has 0 aromatic carbocycles. The molecule has 0 spiro atoms. The highest BCUT2D eigenvalue weighted by atomic mass is 32.1. The van der Waals surface area contributed by atoms with Crippen LogP contribution in [0.4, 0.5) is 5.69 Å². The molecule has 16 heavy (non-hydrogen) atoms. The summed E-state index contributed by atoms with van der Waals surface area (Å²) in [7, 11) is 0. The summed E-state index contributed by atoms with van der Waals surface area (Å²) in [6, 6.07) is 0. The van der Waals surface area contributed by atoms with E-state index in [4.69, 9.17) is 10.2 Å². The highest BCUT2D eigenvalue weighted by molar-refractivity contribution is 7.80. The number of carbonyl (C=O) groups excluding carboxylic acids is 1. The van der Waals surface area contributed by atoms with Gasteiger partial charge in [0.05, 0.1) is 0 Å². The predicted molar refractivity (Wildman–Crippen MR) is 62.9 cm³/mol. The Morgan fingerprint density at radius 1 is 1.31 bits per heavy atom. The van der Waals surface area contributed by atoms with Crippen molar-refractivity contribution in [2.24, 2.45) is 0 Å². The fourth-order valence-corrected chi connectivity index (χ4v) is 0.904. The van der Waals surface area contributed by atoms with Gasteiger partial charge < -0.3 is 15.5 Å². The molecule has 0 atom stereocenters. The average Bonchev–Trinajstić information content (AvgIpc) is 2.12. The molecule has 3 N–H and O–H groups in total. The maximum absolute atomic E-state index is 10.6. The molecule has 0 fully saturated rings. The summed E-state index contributed by atoms with van der Waals surface area (Å²) in [6.07, 6.45) is 1.25. The van der Waals surface area contributed by atoms with Crippen LogP contribution in [0.2, 0.25) is 0 Å². The molecule has 1 aromatic rings. The van der Waals surface area contributed by atoms with Crippen molar-refractivity contribution in [3.63, 3.8) is 0 Å². The summed E-state index contributed by atoms with van der Waals surface area (Å²) in [5.74, 6) is -1.48. The third kappa shape index (κ3) is 4.83. The molecule has 0 saturated heterocycles. The van der Waals surface area contributed by atoms with Crippen molar-refractivity contribution in [3.05, 3.63) is 0 Å². The smallest absolute Gasteiger partial charge is 0.243 e. The van der Waals surface area contributed by atoms with Crippen LogP contribution >= 0.6 is 12.6 Å². The van der Waals surface area contributed by atoms with Crippen molar-refractivity contribution in [1.29, 1.82) is 0 Å². The lowest BCUT2D eigenvalue weighted by Crippen LogP contribution is -2.07. The van der Waals surface area contributed by atoms with Crippen molar-refractivity contribution >= 4 is 24.2 Å². The number of nitrogens with one attached hydrogen (secondary N) is 1. The van der Waals surface area contributed by atoms with Gasteiger partial charge in [0.25, 0.3) is 0 Å². The van der Waals surface area contributed by atoms with Crippen LogP contribution in [0.25, 0.3) is 0 Å². The van der Waals surface area contributed by atoms with Gasteiger partial charge >= 0.3 is 0 Å². The van der Waals surface area contributed by atoms with Crippen molar-refractivity contribution in [2.45, 2.75) is 32.3 Å². The standard InChI is InChI=1S/C6H7N3O3S.C3H8/c1-2(10)7-3-4(11)8-6(13)9-5(3)12;1-3-2/h1H3,(H,7,10)(H3,8,9,11,12,13);3H2,1-2H3. The first-order valence-electron chi connectivity index (χ1n) is 4.68. The fourth-order valence-electron chi connectivity index (χ4n) is 0.714. The fraction of sp³-hybridized carbons (Fsp3) is 0.444. The molecule has 0 aliphatic rings. The van der Waals surface area contributed by atoms with E-state index in [0.29, 0.717) is 0 Å². The molecule has 0 saturated carbocycles. The zero-order valence-corrected chi connectivity index (χ0v) is 10.2. The number of amides is 1. The number of rotatable bonds is 1. The quantitative estimate of drug-likeness (QED) is 0.445. The highest BCUT2D eigenvalue weighted by Gasteiger charge is 2.12. The summed E-state index contributed by atoms with van der Waals surface area (Å²) >= 11 is 3.71. The van der Waals surface area contributed by atoms with Gasteiger partial charge in [-0.1, -0.05) is 20.3 Å². The summed E-state index contributed by atoms with van der Waals surface area (Å²) < 4.78 is 0. The first kappa shape index (κ1) is 14.5. The number of anilines is 1. The van der Waals surface area contributed by atoms with E-state index in [-0.39, 0.29) is 10.8 Å². The Hall–Kier alpha value is -1.50. The van der Waals surface area contributed by atoms with E-state index in [2.05, 4.69) is 41.8 Å². The van der Waals surface area contributed by atoms with E-state index in [0.717, 1.165) is 0 Å². The molecule has 0 aliphatic heterocycles. The second-order valence-electron chi connectivity index (χ2n) is 2.93. The van der Waals surface area contributed by atoms with Crippen molar-refractivity contribution in [2.75, 3.05) is 5.32 Å². The molecule has 0 unspecified atom stereocenters. The summed E-state index contributed by atoms with van der Waals surface area (Å²) in [5, 5.41) is 20.4. The van der Waals surface area contributed by atoms with Gasteiger partial charge in [0.15, 0.2) is 10.8 Å². The average molecular weight is 245 g/mol. The molecule has 7 heteroatoms. The normalized spacial score (nSPS) is 9.00. The Morgan fingerprint density at radius 2 is 1.69 bits per heavy atom. The number of nitrogens with zero attached hydrogens (tertiary/aromatic N) is 2. The summed E-state index contributed by atoms with van der Waals surface area (Å²) in [5.41, 5.74) is -0.217. The minimum atomic E-state index is -0.521. The third-order valence-electron chi connectivity index (χ3n) is 1.16. The van der Waals surface area contributed by atoms with Gasteiger partial charge in [0.1, 0.15) is 0 Å². The zero-order chi connectivity index (χ0) is 12.7. The number of aromatic hydroxyl groups is 2. The molecule has 1 amide bonds. The number of hydrogen-bond donors (Lipinski definition) is 4. The lowest BCUT2D eigenvalue weighted by Gasteiger charge is -2.05. The predicted octanol–water partition coefficient (Wildman–Crippen LogP) is 1.55. The van der Waals surface area contributed by atoms with Gasteiger partial charge in [-0.2, -0.15) is 9.97 Å². The van der Waals surface area contributed by atoms with Gasteiger partial charge in [-0.05, 0) is 0 Å². The van der Waals surface area contributed by atoms with E-state index in [9.17, 15) is 4.79 Å². The van der Waals surface area contributed by atoms with Gasteiger partial charge in [-0.15, -0.1) is 12.6 Å². The molecule has 0 radical (unpaired) electrons. The van der Waals surface area contributed by atoms with Crippen LogP contribution in [0.5, 0.6) is 11.8 Å². The van der Waals surface area contributed by atoms with Gasteiger partial charge in [0.2, 0.25) is 17.7 Å². The summed E-state index contributed by atoms with van der Waals surface area (Å²) in [4.78, 5) is 17.4. The van der Waals surface area contributed by atoms with Crippen LogP contribution in [-0.2, 0) is 4.79 Å². The van der Waals surface area contributed by atoms with Crippen molar-refractivity contribution in [1.82, 2.24) is 9.97 Å². The number of aromatic nitrogens is 2. The third-order valence-corrected chi connectivity index (χ3v) is 1.36. The SMILES string of the molecule is CC(=O)Nc1c(O)nc(S)nc1O.CCC. The summed E-state index contributed by atoms with van der Waals surface area (Å²) in [6.45, 7) is 5.48. The second-order valence-corrected chi connectivity index (χ2v) is 3.33. The Morgan fingerprint density at radius 3 is 2.00 bits per heavy atom. The molecule has 0 bridgehead atoms. The molecular formula is C9H15N3O3S. The maximum atomic E-state index is 10.6. The Labute approximate surface area is 99.2 Å². The van der Waals surface area contributed by atoms with Gasteiger partial charge in [-0.3, -0.25) is 4.79 Å². The molecule has 1 rings (SSSR count). The van der Waals surface area contributed by atoms with Crippen LogP contribution in [0.15, 0.2) is 5.16 Å². The molecule has 0 aliphatic carbocycles. The van der Waals surface area contributed by atoms with Crippen molar-refractivity contribution in [3.8, 4) is 11.8 Å². The van der Waals surface area contributed by atoms with E-state index in [1.165, 1.54) is 13.3 Å². The molecule has 1 heterocycles. The molecular weight excluding hydrogens is 230 g/mol. The number of hydrogen-bond acceptors (Lipinski definition) is 6. The molecule has 1 aromatic heterocycles. The molecule has 6 nitrogen and oxygen atoms in total. The largest absolute Gasteiger partial charge is 0.492 e. The first-order valence-corrected chi connectivity index (χ1v) is 5.13. The number of thiol groups is 1. The first-order chi connectivity index (χ1) is 7.42. The number of carbonyl (C=O) groups is 1. The topological polar surface area (TPSA) is 95.3 Å². The monoisotopic (exact) mass is 245 g/mol. The Kier molecular flexibility index (Phi) is 6.24. The lowest BCUT2D eigenvalue weighted by molar-refractivity contribution is -0.114. The van der Waals surface area contributed by atoms with E-state index >= 15 is 0 Å². The van der Waals surface area contributed by atoms with Crippen molar-refractivity contribution < 1.29 is 15.0 Å². The van der Waals surface area contributed by atoms with Crippen LogP contribution < -0.4 is 5.32 Å². The van der Waals surface area contributed by atoms with Gasteiger partial charge in [0, 0.05) is 6.92 Å². The van der Waals surface area contributed by atoms with Crippen LogP contribution in [0.3, 0.4) is 0 Å². The second kappa shape index (κ2) is 6.89. The molecule has 90 valence electrons. The Balaban J connectivity index is 0.000000673. The maximum Gasteiger partial charge on any atom is 0.243 e. The zero-order valence-electron chi connectivity index (χ0n) is 9.35. The van der Waals surface area contributed by atoms with Crippen LogP contribution in [0, 0.1) is 0 Å². The minimum Gasteiger partial charge on any atom is -0.492 e. The van der Waals surface area contributed by atoms with Gasteiger partial charge in [-0.25, -0.2) is 0 Å². The lowest BCUT2D eigenvalue weighted by atomic mass is 10.4. The van der Waals surface area contributed by atoms with Crippen LogP contribution in [0.1, 0.15) is 27.2 Å². The Bertz CT molecular complexity index is 348. The van der Waals surface area contributed by atoms with Crippen LogP contribution in [-0.4, -0.2) is 26.1 Å². The van der Waals surface area contributed by atoms with E-state index < -0.39 is 17.7 Å². The highest BCUT2D eigenvalue weighted by Crippen LogP contribution is 2.29. The van der Waals surface area contributed by atoms with E-state index in [1.54, 1.807) is 0 Å². The van der Waals surface area contributed by atoms with E-state index in [1.807, 2.05) is 0 Å².